The molecule has 0 aliphatic carbocycles. The molecule has 0 bridgehead atoms. The smallest absolute Gasteiger partial charge is 0.269 e. The lowest BCUT2D eigenvalue weighted by Gasteiger charge is -2.19. The van der Waals surface area contributed by atoms with Crippen molar-refractivity contribution >= 4 is 5.69 Å². The number of benzene rings is 5. The van der Waals surface area contributed by atoms with Crippen LogP contribution in [0.1, 0.15) is 46.2 Å². The molecule has 0 aliphatic heterocycles. The maximum Gasteiger partial charge on any atom is 0.269 e. The van der Waals surface area contributed by atoms with Gasteiger partial charge in [0.05, 0.1) is 4.92 Å². The van der Waals surface area contributed by atoms with Gasteiger partial charge >= 0.3 is 0 Å². The van der Waals surface area contributed by atoms with Crippen molar-refractivity contribution in [1.29, 1.82) is 0 Å². The Balaban J connectivity index is 1.57. The highest BCUT2D eigenvalue weighted by molar-refractivity contribution is 5.73. The van der Waals surface area contributed by atoms with E-state index in [0.717, 1.165) is 35.1 Å². The van der Waals surface area contributed by atoms with Crippen LogP contribution in [0.15, 0.2) is 121 Å². The number of phenols is 1. The largest absolute Gasteiger partial charge is 0.508 e. The third kappa shape index (κ3) is 6.42. The van der Waals surface area contributed by atoms with E-state index < -0.39 is 0 Å². The first-order valence-corrected chi connectivity index (χ1v) is 13.2. The molecule has 0 aliphatic rings. The second-order valence-electron chi connectivity index (χ2n) is 10.1. The molecule has 1 N–H and O–H groups in total. The zero-order valence-electron chi connectivity index (χ0n) is 22.0. The maximum absolute atomic E-state index is 11.6. The van der Waals surface area contributed by atoms with E-state index in [0.29, 0.717) is 6.42 Å². The molecule has 0 radical (unpaired) electrons. The predicted molar refractivity (Wildman–Crippen MR) is 157 cm³/mol. The number of hydrogen-bond donors (Lipinski definition) is 1. The summed E-state index contributed by atoms with van der Waals surface area (Å²) in [5, 5.41) is 21.3. The molecule has 5 aromatic carbocycles. The van der Waals surface area contributed by atoms with Crippen LogP contribution in [0.3, 0.4) is 0 Å². The van der Waals surface area contributed by atoms with Crippen molar-refractivity contribution in [2.24, 2.45) is 0 Å². The van der Waals surface area contributed by atoms with Gasteiger partial charge in [-0.2, -0.15) is 0 Å². The summed E-state index contributed by atoms with van der Waals surface area (Å²) in [5.41, 5.74) is 9.10. The minimum Gasteiger partial charge on any atom is -0.508 e. The van der Waals surface area contributed by atoms with Crippen molar-refractivity contribution in [1.82, 2.24) is 0 Å². The van der Waals surface area contributed by atoms with Crippen molar-refractivity contribution in [3.8, 4) is 16.9 Å². The molecule has 1 atom stereocenters. The summed E-state index contributed by atoms with van der Waals surface area (Å²) in [6.45, 7) is 2.22. The highest BCUT2D eigenvalue weighted by Gasteiger charge is 2.17. The van der Waals surface area contributed by atoms with Crippen molar-refractivity contribution < 1.29 is 10.0 Å². The van der Waals surface area contributed by atoms with E-state index in [-0.39, 0.29) is 22.3 Å². The molecule has 39 heavy (non-hydrogen) atoms. The van der Waals surface area contributed by atoms with E-state index in [1.54, 1.807) is 24.3 Å². The van der Waals surface area contributed by atoms with Crippen molar-refractivity contribution in [2.75, 3.05) is 0 Å². The number of aromatic hydroxyl groups is 1. The van der Waals surface area contributed by atoms with Crippen molar-refractivity contribution in [3.63, 3.8) is 0 Å². The fourth-order valence-corrected chi connectivity index (χ4v) is 5.17. The fraction of sp³-hybridized carbons (Fsp3) is 0.143. The van der Waals surface area contributed by atoms with Crippen molar-refractivity contribution in [3.05, 3.63) is 165 Å². The summed E-state index contributed by atoms with van der Waals surface area (Å²) < 4.78 is 0. The first-order chi connectivity index (χ1) is 19.0. The Morgan fingerprint density at radius 3 is 1.77 bits per heavy atom. The second-order valence-corrected chi connectivity index (χ2v) is 10.1. The van der Waals surface area contributed by atoms with Crippen LogP contribution in [0.4, 0.5) is 5.69 Å². The van der Waals surface area contributed by atoms with Crippen LogP contribution in [-0.4, -0.2) is 10.0 Å². The molecular weight excluding hydrogens is 482 g/mol. The van der Waals surface area contributed by atoms with Crippen LogP contribution in [0.5, 0.6) is 5.75 Å². The van der Waals surface area contributed by atoms with Crippen LogP contribution in [-0.2, 0) is 19.3 Å². The Morgan fingerprint density at radius 1 is 0.667 bits per heavy atom. The summed E-state index contributed by atoms with van der Waals surface area (Å²) in [7, 11) is 0. The number of non-ortho nitro benzene ring substituents is 1. The van der Waals surface area contributed by atoms with E-state index in [1.165, 1.54) is 22.3 Å². The van der Waals surface area contributed by atoms with Gasteiger partial charge in [0.2, 0.25) is 0 Å². The van der Waals surface area contributed by atoms with Gasteiger partial charge in [-0.05, 0) is 87.9 Å². The predicted octanol–water partition coefficient (Wildman–Crippen LogP) is 8.50. The number of nitro benzene ring substituents is 1. The Kier molecular flexibility index (Phi) is 7.83. The Labute approximate surface area is 229 Å². The van der Waals surface area contributed by atoms with Gasteiger partial charge in [0.25, 0.3) is 5.69 Å². The maximum atomic E-state index is 11.6. The molecule has 0 aromatic heterocycles. The number of nitro groups is 1. The highest BCUT2D eigenvalue weighted by atomic mass is 16.6. The molecule has 5 rings (SSSR count). The number of nitrogens with zero attached hydrogens (tertiary/aromatic N) is 1. The summed E-state index contributed by atoms with van der Waals surface area (Å²) in [4.78, 5) is 11.3. The lowest BCUT2D eigenvalue weighted by molar-refractivity contribution is -0.384. The fourth-order valence-electron chi connectivity index (χ4n) is 5.17. The Hall–Kier alpha value is -4.70. The van der Waals surface area contributed by atoms with E-state index in [4.69, 9.17) is 0 Å². The summed E-state index contributed by atoms with van der Waals surface area (Å²) >= 11 is 0. The third-order valence-corrected chi connectivity index (χ3v) is 7.24. The molecule has 0 saturated carbocycles. The minimum absolute atomic E-state index is 0.105. The van der Waals surface area contributed by atoms with Gasteiger partial charge < -0.3 is 5.11 Å². The standard InChI is InChI=1S/C35H31NO3/c1-25(20-28-12-16-33(37)17-13-28)29-14-18-34(30(23-29)21-26-8-4-2-5-9-26)35-19-15-32(36(38)39)24-31(35)22-27-10-6-3-7-11-27/h2-19,23-25,37H,20-22H2,1H3. The van der Waals surface area contributed by atoms with Crippen molar-refractivity contribution in [2.45, 2.75) is 32.1 Å². The average molecular weight is 514 g/mol. The van der Waals surface area contributed by atoms with E-state index in [9.17, 15) is 15.2 Å². The molecule has 4 nitrogen and oxygen atoms in total. The molecule has 194 valence electrons. The molecule has 5 aromatic rings. The van der Waals surface area contributed by atoms with E-state index >= 15 is 0 Å². The van der Waals surface area contributed by atoms with Gasteiger partial charge in [0.15, 0.2) is 0 Å². The Bertz CT molecular complexity index is 1560. The normalized spacial score (nSPS) is 11.7. The first-order valence-electron chi connectivity index (χ1n) is 13.2. The molecule has 1 unspecified atom stereocenters. The zero-order chi connectivity index (χ0) is 27.2. The SMILES string of the molecule is CC(Cc1ccc(O)cc1)c1ccc(-c2ccc([N+](=O)[O-])cc2Cc2ccccc2)c(Cc2ccccc2)c1. The molecule has 0 amide bonds. The van der Waals surface area contributed by atoms with Crippen LogP contribution < -0.4 is 0 Å². The molecule has 0 fully saturated rings. The summed E-state index contributed by atoms with van der Waals surface area (Å²) in [6, 6.07) is 39.8. The van der Waals surface area contributed by atoms with Crippen LogP contribution in [0, 0.1) is 10.1 Å². The molecular formula is C35H31NO3. The van der Waals surface area contributed by atoms with Crippen LogP contribution >= 0.6 is 0 Å². The van der Waals surface area contributed by atoms with Gasteiger partial charge in [-0.1, -0.05) is 97.9 Å². The van der Waals surface area contributed by atoms with Gasteiger partial charge in [0.1, 0.15) is 5.75 Å². The minimum atomic E-state index is -0.322. The quantitative estimate of drug-likeness (QED) is 0.159. The van der Waals surface area contributed by atoms with E-state index in [2.05, 4.69) is 61.5 Å². The number of rotatable bonds is 9. The Morgan fingerprint density at radius 2 is 1.21 bits per heavy atom. The molecule has 0 heterocycles. The summed E-state index contributed by atoms with van der Waals surface area (Å²) in [5.74, 6) is 0.550. The van der Waals surface area contributed by atoms with Gasteiger partial charge in [0, 0.05) is 12.1 Å². The average Bonchev–Trinajstić information content (AvgIpc) is 2.95. The number of phenolic OH excluding ortho intramolecular Hbond substituents is 1. The lowest BCUT2D eigenvalue weighted by atomic mass is 9.85. The molecule has 4 heteroatoms. The van der Waals surface area contributed by atoms with E-state index in [1.807, 2.05) is 42.5 Å². The first kappa shape index (κ1) is 25.9. The topological polar surface area (TPSA) is 63.4 Å². The van der Waals surface area contributed by atoms with Crippen LogP contribution in [0.2, 0.25) is 0 Å². The van der Waals surface area contributed by atoms with Crippen LogP contribution in [0.25, 0.3) is 11.1 Å². The van der Waals surface area contributed by atoms with Gasteiger partial charge in [-0.15, -0.1) is 0 Å². The monoisotopic (exact) mass is 513 g/mol. The van der Waals surface area contributed by atoms with Gasteiger partial charge in [-0.3, -0.25) is 10.1 Å². The highest BCUT2D eigenvalue weighted by Crippen LogP contribution is 2.35. The molecule has 0 saturated heterocycles. The number of hydrogen-bond acceptors (Lipinski definition) is 3. The van der Waals surface area contributed by atoms with Gasteiger partial charge in [-0.25, -0.2) is 0 Å². The zero-order valence-corrected chi connectivity index (χ0v) is 22.0. The lowest BCUT2D eigenvalue weighted by Crippen LogP contribution is -2.03. The molecule has 0 spiro atoms. The second kappa shape index (κ2) is 11.8. The summed E-state index contributed by atoms with van der Waals surface area (Å²) in [6.07, 6.45) is 2.24. The third-order valence-electron chi connectivity index (χ3n) is 7.24.